The van der Waals surface area contributed by atoms with Crippen molar-refractivity contribution in [2.45, 2.75) is 64.6 Å². The van der Waals surface area contributed by atoms with Crippen LogP contribution in [0.2, 0.25) is 0 Å². The number of rotatable bonds is 11. The third kappa shape index (κ3) is 7.00. The Morgan fingerprint density at radius 2 is 1.72 bits per heavy atom. The Hall–Kier alpha value is -3.07. The molecule has 1 aliphatic rings. The minimum absolute atomic E-state index is 0.119. The Morgan fingerprint density at radius 1 is 1.08 bits per heavy atom. The number of sulfonamides is 1. The predicted molar refractivity (Wildman–Crippen MR) is 141 cm³/mol. The molecule has 3 rings (SSSR count). The number of carbonyl (C=O) groups excluding carboxylic acids is 2. The van der Waals surface area contributed by atoms with Gasteiger partial charge in [-0.15, -0.1) is 0 Å². The molecule has 0 aliphatic heterocycles. The molecule has 1 fully saturated rings. The van der Waals surface area contributed by atoms with E-state index in [0.29, 0.717) is 17.9 Å². The van der Waals surface area contributed by atoms with Gasteiger partial charge in [0.05, 0.1) is 19.1 Å². The lowest BCUT2D eigenvalue weighted by Gasteiger charge is -2.33. The maximum Gasteiger partial charge on any atom is 0.244 e. The Kier molecular flexibility index (Phi) is 9.37. The van der Waals surface area contributed by atoms with Gasteiger partial charge in [-0.3, -0.25) is 13.9 Å². The molecule has 0 aromatic heterocycles. The number of nitrogens with zero attached hydrogens (tertiary/aromatic N) is 2. The van der Waals surface area contributed by atoms with Crippen molar-refractivity contribution in [1.82, 2.24) is 10.2 Å². The van der Waals surface area contributed by atoms with E-state index < -0.39 is 28.5 Å². The third-order valence-corrected chi connectivity index (χ3v) is 7.87. The van der Waals surface area contributed by atoms with Gasteiger partial charge in [0.15, 0.2) is 0 Å². The quantitative estimate of drug-likeness (QED) is 0.493. The average molecular weight is 516 g/mol. The maximum atomic E-state index is 13.8. The summed E-state index contributed by atoms with van der Waals surface area (Å²) in [5.74, 6) is -0.0519. The standard InChI is InChI=1S/C27H37N3O5S/c1-5-25(27(32)28-22-12-8-9-13-22)29(18-21-11-7-6-10-20(21)2)26(31)19-30(36(4,33)34)23-14-16-24(35-3)17-15-23/h6-7,10-11,14-17,22,25H,5,8-9,12-13,18-19H2,1-4H3,(H,28,32)/t25-/m1/s1. The highest BCUT2D eigenvalue weighted by molar-refractivity contribution is 7.92. The monoisotopic (exact) mass is 515 g/mol. The van der Waals surface area contributed by atoms with Gasteiger partial charge in [-0.05, 0) is 61.6 Å². The van der Waals surface area contributed by atoms with Gasteiger partial charge in [0.25, 0.3) is 0 Å². The first kappa shape index (κ1) is 27.5. The second-order valence-electron chi connectivity index (χ2n) is 9.33. The third-order valence-electron chi connectivity index (χ3n) is 6.73. The molecule has 0 heterocycles. The number of hydrogen-bond donors (Lipinski definition) is 1. The molecule has 1 saturated carbocycles. The molecule has 0 radical (unpaired) electrons. The van der Waals surface area contributed by atoms with Crippen molar-refractivity contribution in [1.29, 1.82) is 0 Å². The Balaban J connectivity index is 1.92. The fourth-order valence-electron chi connectivity index (χ4n) is 4.62. The minimum Gasteiger partial charge on any atom is -0.497 e. The van der Waals surface area contributed by atoms with Crippen LogP contribution in [-0.2, 0) is 26.2 Å². The van der Waals surface area contributed by atoms with Crippen LogP contribution in [0.4, 0.5) is 5.69 Å². The number of methoxy groups -OCH3 is 1. The fraction of sp³-hybridized carbons (Fsp3) is 0.481. The SMILES string of the molecule is CC[C@H](C(=O)NC1CCCC1)N(Cc1ccccc1C)C(=O)CN(c1ccc(OC)cc1)S(C)(=O)=O. The molecular formula is C27H37N3O5S. The average Bonchev–Trinajstić information content (AvgIpc) is 3.36. The molecule has 2 aromatic rings. The highest BCUT2D eigenvalue weighted by Crippen LogP contribution is 2.24. The molecular weight excluding hydrogens is 478 g/mol. The van der Waals surface area contributed by atoms with Gasteiger partial charge in [0, 0.05) is 12.6 Å². The number of aryl methyl sites for hydroxylation is 1. The van der Waals surface area contributed by atoms with E-state index in [0.717, 1.165) is 47.4 Å². The van der Waals surface area contributed by atoms with Gasteiger partial charge in [-0.25, -0.2) is 8.42 Å². The maximum absolute atomic E-state index is 13.8. The molecule has 1 N–H and O–H groups in total. The zero-order valence-electron chi connectivity index (χ0n) is 21.6. The number of benzene rings is 2. The van der Waals surface area contributed by atoms with E-state index in [9.17, 15) is 18.0 Å². The molecule has 9 heteroatoms. The number of carbonyl (C=O) groups is 2. The lowest BCUT2D eigenvalue weighted by molar-refractivity contribution is -0.140. The molecule has 8 nitrogen and oxygen atoms in total. The fourth-order valence-corrected chi connectivity index (χ4v) is 5.47. The molecule has 0 unspecified atom stereocenters. The normalized spacial score (nSPS) is 14.8. The van der Waals surface area contributed by atoms with Crippen LogP contribution in [-0.4, -0.2) is 57.1 Å². The Labute approximate surface area is 214 Å². The first-order valence-electron chi connectivity index (χ1n) is 12.4. The summed E-state index contributed by atoms with van der Waals surface area (Å²) in [6.45, 7) is 3.62. The molecule has 1 aliphatic carbocycles. The summed E-state index contributed by atoms with van der Waals surface area (Å²) in [5.41, 5.74) is 2.26. The van der Waals surface area contributed by atoms with E-state index in [1.54, 1.807) is 24.3 Å². The summed E-state index contributed by atoms with van der Waals surface area (Å²) in [6.07, 6.45) is 5.52. The largest absolute Gasteiger partial charge is 0.497 e. The molecule has 0 bridgehead atoms. The lowest BCUT2D eigenvalue weighted by atomic mass is 10.1. The summed E-state index contributed by atoms with van der Waals surface area (Å²) in [6, 6.07) is 13.6. The zero-order chi connectivity index (χ0) is 26.3. The van der Waals surface area contributed by atoms with E-state index in [1.807, 2.05) is 38.1 Å². The molecule has 196 valence electrons. The van der Waals surface area contributed by atoms with Crippen LogP contribution in [0.1, 0.15) is 50.2 Å². The topological polar surface area (TPSA) is 96.0 Å². The highest BCUT2D eigenvalue weighted by atomic mass is 32.2. The Morgan fingerprint density at radius 3 is 2.28 bits per heavy atom. The summed E-state index contributed by atoms with van der Waals surface area (Å²) >= 11 is 0. The van der Waals surface area contributed by atoms with Crippen LogP contribution in [0, 0.1) is 6.92 Å². The molecule has 1 atom stereocenters. The van der Waals surface area contributed by atoms with E-state index in [1.165, 1.54) is 12.0 Å². The highest BCUT2D eigenvalue weighted by Gasteiger charge is 2.33. The molecule has 0 saturated heterocycles. The van der Waals surface area contributed by atoms with E-state index in [2.05, 4.69) is 5.32 Å². The smallest absolute Gasteiger partial charge is 0.244 e. The van der Waals surface area contributed by atoms with Crippen molar-refractivity contribution in [3.63, 3.8) is 0 Å². The van der Waals surface area contributed by atoms with Crippen molar-refractivity contribution in [2.24, 2.45) is 0 Å². The van der Waals surface area contributed by atoms with E-state index in [-0.39, 0.29) is 18.5 Å². The zero-order valence-corrected chi connectivity index (χ0v) is 22.4. The van der Waals surface area contributed by atoms with Crippen molar-refractivity contribution >= 4 is 27.5 Å². The number of anilines is 1. The van der Waals surface area contributed by atoms with Crippen molar-refractivity contribution < 1.29 is 22.7 Å². The Bertz CT molecular complexity index is 1140. The van der Waals surface area contributed by atoms with Crippen molar-refractivity contribution in [2.75, 3.05) is 24.2 Å². The van der Waals surface area contributed by atoms with Crippen LogP contribution < -0.4 is 14.4 Å². The van der Waals surface area contributed by atoms with Gasteiger partial charge >= 0.3 is 0 Å². The summed E-state index contributed by atoms with van der Waals surface area (Å²) < 4.78 is 31.7. The van der Waals surface area contributed by atoms with Gasteiger partial charge in [-0.2, -0.15) is 0 Å². The van der Waals surface area contributed by atoms with Crippen molar-refractivity contribution in [3.8, 4) is 5.75 Å². The summed E-state index contributed by atoms with van der Waals surface area (Å²) in [5, 5.41) is 3.11. The van der Waals surface area contributed by atoms with Gasteiger partial charge in [0.1, 0.15) is 18.3 Å². The number of ether oxygens (including phenoxy) is 1. The van der Waals surface area contributed by atoms with E-state index >= 15 is 0 Å². The number of hydrogen-bond acceptors (Lipinski definition) is 5. The van der Waals surface area contributed by atoms with E-state index in [4.69, 9.17) is 4.74 Å². The first-order valence-corrected chi connectivity index (χ1v) is 14.2. The lowest BCUT2D eigenvalue weighted by Crippen LogP contribution is -2.53. The van der Waals surface area contributed by atoms with Crippen LogP contribution in [0.15, 0.2) is 48.5 Å². The van der Waals surface area contributed by atoms with Crippen LogP contribution in [0.5, 0.6) is 5.75 Å². The summed E-state index contributed by atoms with van der Waals surface area (Å²) in [4.78, 5) is 28.6. The van der Waals surface area contributed by atoms with Gasteiger partial charge in [0.2, 0.25) is 21.8 Å². The van der Waals surface area contributed by atoms with Crippen LogP contribution >= 0.6 is 0 Å². The number of amides is 2. The summed E-state index contributed by atoms with van der Waals surface area (Å²) in [7, 11) is -2.25. The molecule has 36 heavy (non-hydrogen) atoms. The predicted octanol–water partition coefficient (Wildman–Crippen LogP) is 3.64. The molecule has 2 amide bonds. The van der Waals surface area contributed by atoms with Crippen LogP contribution in [0.25, 0.3) is 0 Å². The molecule has 0 spiro atoms. The first-order chi connectivity index (χ1) is 17.1. The van der Waals surface area contributed by atoms with Gasteiger partial charge < -0.3 is 15.0 Å². The van der Waals surface area contributed by atoms with Gasteiger partial charge in [-0.1, -0.05) is 44.0 Å². The molecule has 2 aromatic carbocycles. The van der Waals surface area contributed by atoms with Crippen molar-refractivity contribution in [3.05, 3.63) is 59.7 Å². The van der Waals surface area contributed by atoms with Crippen LogP contribution in [0.3, 0.4) is 0 Å². The second-order valence-corrected chi connectivity index (χ2v) is 11.2. The number of nitrogens with one attached hydrogen (secondary N) is 1. The second kappa shape index (κ2) is 12.3. The minimum atomic E-state index is -3.77.